The van der Waals surface area contributed by atoms with E-state index in [4.69, 9.17) is 19.9 Å². The summed E-state index contributed by atoms with van der Waals surface area (Å²) in [4.78, 5) is 31.4. The fourth-order valence-electron chi connectivity index (χ4n) is 4.43. The van der Waals surface area contributed by atoms with E-state index in [2.05, 4.69) is 5.32 Å². The fourth-order valence-corrected chi connectivity index (χ4v) is 4.43. The largest absolute Gasteiger partial charge is 0.493 e. The molecule has 2 N–H and O–H groups in total. The quantitative estimate of drug-likeness (QED) is 0.312. The number of rotatable bonds is 8. The van der Waals surface area contributed by atoms with Crippen molar-refractivity contribution in [2.75, 3.05) is 14.2 Å². The van der Waals surface area contributed by atoms with Gasteiger partial charge in [-0.1, -0.05) is 42.5 Å². The molecule has 0 radical (unpaired) electrons. The number of hydrogen-bond donors (Lipinski definition) is 2. The van der Waals surface area contributed by atoms with Crippen LogP contribution in [0.2, 0.25) is 0 Å². The van der Waals surface area contributed by atoms with Gasteiger partial charge in [0, 0.05) is 19.3 Å². The first kappa shape index (κ1) is 24.8. The molecule has 3 aromatic heterocycles. The van der Waals surface area contributed by atoms with Crippen LogP contribution in [0.1, 0.15) is 21.5 Å². The third-order valence-electron chi connectivity index (χ3n) is 6.43. The predicted octanol–water partition coefficient (Wildman–Crippen LogP) is 3.32. The highest BCUT2D eigenvalue weighted by molar-refractivity contribution is 5.96. The Morgan fingerprint density at radius 2 is 1.71 bits per heavy atom. The maximum Gasteiger partial charge on any atom is 0.267 e. The molecule has 0 saturated carbocycles. The lowest BCUT2D eigenvalue weighted by atomic mass is 10.1. The van der Waals surface area contributed by atoms with Crippen molar-refractivity contribution in [3.05, 3.63) is 112 Å². The van der Waals surface area contributed by atoms with Crippen molar-refractivity contribution in [1.29, 1.82) is 5.41 Å². The molecule has 0 aliphatic carbocycles. The normalized spacial score (nSPS) is 11.0. The van der Waals surface area contributed by atoms with Crippen molar-refractivity contribution >= 4 is 22.6 Å². The van der Waals surface area contributed by atoms with E-state index in [1.54, 1.807) is 43.2 Å². The molecule has 38 heavy (non-hydrogen) atoms. The highest BCUT2D eigenvalue weighted by atomic mass is 16.5. The van der Waals surface area contributed by atoms with Crippen molar-refractivity contribution in [1.82, 2.24) is 19.3 Å². The minimum Gasteiger partial charge on any atom is -0.493 e. The highest BCUT2D eigenvalue weighted by Gasteiger charge is 2.18. The molecule has 0 aliphatic rings. The molecule has 0 unspecified atom stereocenters. The number of amides is 1. The van der Waals surface area contributed by atoms with Gasteiger partial charge < -0.3 is 19.4 Å². The molecule has 0 saturated heterocycles. The Kier molecular flexibility index (Phi) is 6.90. The zero-order valence-electron chi connectivity index (χ0n) is 21.1. The Labute approximate surface area is 218 Å². The lowest BCUT2D eigenvalue weighted by molar-refractivity contribution is 0.0948. The fraction of sp³-hybridized carbons (Fsp3) is 0.172. The van der Waals surface area contributed by atoms with E-state index in [-0.39, 0.29) is 22.0 Å². The number of carbonyl (C=O) groups is 1. The van der Waals surface area contributed by atoms with Gasteiger partial charge in [-0.15, -0.1) is 0 Å². The molecule has 3 heterocycles. The maximum atomic E-state index is 13.4. The van der Waals surface area contributed by atoms with E-state index in [1.165, 1.54) is 10.5 Å². The monoisotopic (exact) mass is 509 g/mol. The van der Waals surface area contributed by atoms with Crippen molar-refractivity contribution in [3.63, 3.8) is 0 Å². The third-order valence-corrected chi connectivity index (χ3v) is 6.43. The Morgan fingerprint density at radius 1 is 0.947 bits per heavy atom. The summed E-state index contributed by atoms with van der Waals surface area (Å²) in [6, 6.07) is 21.9. The van der Waals surface area contributed by atoms with Gasteiger partial charge in [0.25, 0.3) is 11.5 Å². The minimum atomic E-state index is -0.432. The van der Waals surface area contributed by atoms with Crippen LogP contribution in [0.15, 0.2) is 83.8 Å². The zero-order chi connectivity index (χ0) is 26.6. The van der Waals surface area contributed by atoms with E-state index >= 15 is 0 Å². The Morgan fingerprint density at radius 3 is 2.47 bits per heavy atom. The first-order chi connectivity index (χ1) is 18.5. The summed E-state index contributed by atoms with van der Waals surface area (Å²) in [7, 11) is 3.15. The van der Waals surface area contributed by atoms with Gasteiger partial charge in [0.05, 0.1) is 25.2 Å². The van der Waals surface area contributed by atoms with Crippen LogP contribution in [0.5, 0.6) is 11.5 Å². The first-order valence-corrected chi connectivity index (χ1v) is 12.1. The van der Waals surface area contributed by atoms with Gasteiger partial charge in [-0.2, -0.15) is 0 Å². The van der Waals surface area contributed by atoms with Crippen LogP contribution in [0.3, 0.4) is 0 Å². The van der Waals surface area contributed by atoms with Gasteiger partial charge in [-0.3, -0.25) is 19.4 Å². The second-order valence-electron chi connectivity index (χ2n) is 8.75. The summed E-state index contributed by atoms with van der Waals surface area (Å²) < 4.78 is 13.8. The van der Waals surface area contributed by atoms with E-state index in [1.807, 2.05) is 48.5 Å². The Hall–Kier alpha value is -4.92. The second kappa shape index (κ2) is 10.6. The molecule has 5 rings (SSSR count). The number of methoxy groups -OCH3 is 2. The molecule has 9 heteroatoms. The van der Waals surface area contributed by atoms with E-state index < -0.39 is 5.91 Å². The predicted molar refractivity (Wildman–Crippen MR) is 144 cm³/mol. The first-order valence-electron chi connectivity index (χ1n) is 12.1. The number of aryl methyl sites for hydroxylation is 2. The second-order valence-corrected chi connectivity index (χ2v) is 8.75. The summed E-state index contributed by atoms with van der Waals surface area (Å²) in [5.74, 6) is 0.786. The number of nitrogens with one attached hydrogen (secondary N) is 2. The molecule has 0 aliphatic heterocycles. The van der Waals surface area contributed by atoms with Crippen LogP contribution in [-0.2, 0) is 19.5 Å². The number of benzene rings is 2. The van der Waals surface area contributed by atoms with Gasteiger partial charge in [0.15, 0.2) is 11.5 Å². The number of fused-ring (bicyclic) bond motifs is 2. The molecule has 0 spiro atoms. The van der Waals surface area contributed by atoms with Crippen LogP contribution in [0.25, 0.3) is 16.7 Å². The summed E-state index contributed by atoms with van der Waals surface area (Å²) in [5, 5.41) is 12.1. The SMILES string of the molecule is COc1ccc(CCn2c(=N)c(C(=O)NCc3ccccc3)cc3c(=O)n4ccccc4nc32)cc1OC. The molecule has 2 aromatic carbocycles. The van der Waals surface area contributed by atoms with Crippen molar-refractivity contribution in [2.24, 2.45) is 0 Å². The maximum absolute atomic E-state index is 13.4. The van der Waals surface area contributed by atoms with Crippen LogP contribution >= 0.6 is 0 Å². The number of hydrogen-bond acceptors (Lipinski definition) is 6. The van der Waals surface area contributed by atoms with E-state index in [9.17, 15) is 9.59 Å². The summed E-state index contributed by atoms with van der Waals surface area (Å²) in [6.45, 7) is 0.623. The molecule has 0 bridgehead atoms. The zero-order valence-corrected chi connectivity index (χ0v) is 21.1. The summed E-state index contributed by atoms with van der Waals surface area (Å²) >= 11 is 0. The molecule has 0 fully saturated rings. The molecule has 5 aromatic rings. The van der Waals surface area contributed by atoms with Crippen molar-refractivity contribution < 1.29 is 14.3 Å². The van der Waals surface area contributed by atoms with Crippen molar-refractivity contribution in [2.45, 2.75) is 19.5 Å². The molecule has 1 amide bonds. The van der Waals surface area contributed by atoms with Gasteiger partial charge in [-0.05, 0) is 47.9 Å². The number of carbonyl (C=O) groups excluding carboxylic acids is 1. The number of nitrogens with zero attached hydrogens (tertiary/aromatic N) is 3. The average Bonchev–Trinajstić information content (AvgIpc) is 2.96. The Balaban J connectivity index is 1.59. The highest BCUT2D eigenvalue weighted by Crippen LogP contribution is 2.28. The lowest BCUT2D eigenvalue weighted by Crippen LogP contribution is -2.35. The molecular formula is C29H27N5O4. The number of pyridine rings is 2. The summed E-state index contributed by atoms with van der Waals surface area (Å²) in [5.41, 5.74) is 2.48. The van der Waals surface area contributed by atoms with Crippen LogP contribution in [0.4, 0.5) is 0 Å². The number of ether oxygens (including phenoxy) is 2. The third kappa shape index (κ3) is 4.73. The summed E-state index contributed by atoms with van der Waals surface area (Å²) in [6.07, 6.45) is 2.15. The van der Waals surface area contributed by atoms with Gasteiger partial charge in [0.1, 0.15) is 16.8 Å². The standard InChI is InChI=1S/C29H27N5O4/c1-37-23-12-11-19(16-24(23)38-2)13-15-34-26(30)21(28(35)31-18-20-8-4-3-5-9-20)17-22-27(34)32-25-10-6-7-14-33(25)29(22)36/h3-12,14,16-17,30H,13,15,18H2,1-2H3,(H,31,35). The number of aromatic nitrogens is 3. The van der Waals surface area contributed by atoms with E-state index in [0.29, 0.717) is 42.3 Å². The topological polar surface area (TPSA) is 111 Å². The van der Waals surface area contributed by atoms with Gasteiger partial charge in [-0.25, -0.2) is 4.98 Å². The molecular weight excluding hydrogens is 482 g/mol. The van der Waals surface area contributed by atoms with Crippen LogP contribution < -0.4 is 25.8 Å². The van der Waals surface area contributed by atoms with Crippen LogP contribution in [0, 0.1) is 5.41 Å². The molecule has 0 atom stereocenters. The van der Waals surface area contributed by atoms with Gasteiger partial charge >= 0.3 is 0 Å². The molecule has 9 nitrogen and oxygen atoms in total. The lowest BCUT2D eigenvalue weighted by Gasteiger charge is -2.15. The smallest absolute Gasteiger partial charge is 0.267 e. The van der Waals surface area contributed by atoms with E-state index in [0.717, 1.165) is 11.1 Å². The molecule has 192 valence electrons. The average molecular weight is 510 g/mol. The Bertz CT molecular complexity index is 1760. The van der Waals surface area contributed by atoms with Gasteiger partial charge in [0.2, 0.25) is 0 Å². The van der Waals surface area contributed by atoms with Crippen LogP contribution in [-0.4, -0.2) is 34.1 Å². The minimum absolute atomic E-state index is 0.0179. The van der Waals surface area contributed by atoms with Crippen molar-refractivity contribution in [3.8, 4) is 11.5 Å².